The van der Waals surface area contributed by atoms with E-state index in [1.54, 1.807) is 54.8 Å². The average molecular weight is 618 g/mol. The van der Waals surface area contributed by atoms with Crippen LogP contribution in [0.2, 0.25) is 0 Å². The molecule has 2 N–H and O–H groups in total. The number of fused-ring (bicyclic) bond motifs is 1. The summed E-state index contributed by atoms with van der Waals surface area (Å²) in [5, 5.41) is 3.94. The number of para-hydroxylation sites is 1. The number of nitrogens with zero attached hydrogens (tertiary/aromatic N) is 3. The highest BCUT2D eigenvalue weighted by Crippen LogP contribution is 2.32. The Labute approximate surface area is 249 Å². The van der Waals surface area contributed by atoms with Crippen LogP contribution < -0.4 is 24.4 Å². The Balaban J connectivity index is 0.00000387. The van der Waals surface area contributed by atoms with E-state index >= 15 is 0 Å². The molecule has 5 rings (SSSR count). The molecule has 0 unspecified atom stereocenters. The van der Waals surface area contributed by atoms with E-state index < -0.39 is 10.0 Å². The van der Waals surface area contributed by atoms with E-state index in [2.05, 4.69) is 19.8 Å². The average Bonchev–Trinajstić information content (AvgIpc) is 3.41. The third-order valence-corrected chi connectivity index (χ3v) is 9.19. The molecule has 1 fully saturated rings. The van der Waals surface area contributed by atoms with Crippen molar-refractivity contribution in [2.75, 3.05) is 63.1 Å². The van der Waals surface area contributed by atoms with Gasteiger partial charge in [-0.2, -0.15) is 0 Å². The van der Waals surface area contributed by atoms with Gasteiger partial charge in [0.25, 0.3) is 15.9 Å². The first-order chi connectivity index (χ1) is 19.4. The van der Waals surface area contributed by atoms with Crippen molar-refractivity contribution in [2.45, 2.75) is 4.90 Å². The van der Waals surface area contributed by atoms with Gasteiger partial charge in [0.15, 0.2) is 5.13 Å². The summed E-state index contributed by atoms with van der Waals surface area (Å²) in [4.78, 5) is 22.4. The Morgan fingerprint density at radius 3 is 2.34 bits per heavy atom. The Hall–Kier alpha value is -3.58. The largest absolute Gasteiger partial charge is 0.497 e. The molecule has 1 aliphatic rings. The Kier molecular flexibility index (Phi) is 9.92. The van der Waals surface area contributed by atoms with Crippen LogP contribution in [0.5, 0.6) is 11.5 Å². The van der Waals surface area contributed by atoms with Crippen molar-refractivity contribution < 1.29 is 22.7 Å². The number of piperazine rings is 1. The normalized spacial score (nSPS) is 13.9. The number of benzene rings is 3. The maximum atomic E-state index is 13.0. The van der Waals surface area contributed by atoms with Gasteiger partial charge in [-0.3, -0.25) is 14.4 Å². The molecule has 0 spiro atoms. The van der Waals surface area contributed by atoms with Crippen LogP contribution >= 0.6 is 23.7 Å². The van der Waals surface area contributed by atoms with Gasteiger partial charge in [-0.05, 0) is 54.6 Å². The van der Waals surface area contributed by atoms with Gasteiger partial charge in [0.2, 0.25) is 0 Å². The molecule has 0 radical (unpaired) electrons. The molecule has 1 saturated heterocycles. The van der Waals surface area contributed by atoms with Crippen LogP contribution in [0.15, 0.2) is 71.6 Å². The molecule has 0 atom stereocenters. The number of amides is 1. The molecule has 3 aromatic carbocycles. The summed E-state index contributed by atoms with van der Waals surface area (Å²) in [6, 6.07) is 18.5. The van der Waals surface area contributed by atoms with Crippen molar-refractivity contribution in [3.8, 4) is 11.5 Å². The lowest BCUT2D eigenvalue weighted by atomic mass is 10.1. The number of carbonyl (C=O) groups is 1. The van der Waals surface area contributed by atoms with Crippen molar-refractivity contribution in [1.82, 2.24) is 15.2 Å². The molecule has 1 amide bonds. The van der Waals surface area contributed by atoms with E-state index in [9.17, 15) is 13.2 Å². The van der Waals surface area contributed by atoms with E-state index in [4.69, 9.17) is 14.5 Å². The number of aromatic nitrogens is 1. The minimum absolute atomic E-state index is 0. The second-order valence-corrected chi connectivity index (χ2v) is 11.9. The van der Waals surface area contributed by atoms with Crippen molar-refractivity contribution in [2.24, 2.45) is 0 Å². The molecule has 1 aliphatic heterocycles. The number of ether oxygens (including phenoxy) is 2. The van der Waals surface area contributed by atoms with Gasteiger partial charge in [0, 0.05) is 39.3 Å². The third kappa shape index (κ3) is 7.20. The summed E-state index contributed by atoms with van der Waals surface area (Å²) in [5.74, 6) is 1.04. The summed E-state index contributed by atoms with van der Waals surface area (Å²) >= 11 is 1.66. The van der Waals surface area contributed by atoms with Crippen molar-refractivity contribution >= 4 is 60.7 Å². The molecule has 41 heavy (non-hydrogen) atoms. The summed E-state index contributed by atoms with van der Waals surface area (Å²) < 4.78 is 39.9. The van der Waals surface area contributed by atoms with Crippen LogP contribution in [0.3, 0.4) is 0 Å². The van der Waals surface area contributed by atoms with Crippen LogP contribution in [0, 0.1) is 0 Å². The lowest BCUT2D eigenvalue weighted by Crippen LogP contribution is -2.48. The Morgan fingerprint density at radius 1 is 0.951 bits per heavy atom. The Bertz CT molecular complexity index is 1590. The van der Waals surface area contributed by atoms with Crippen molar-refractivity contribution in [3.05, 3.63) is 72.3 Å². The van der Waals surface area contributed by atoms with Crippen LogP contribution in [0.4, 0.5) is 10.8 Å². The third-order valence-electron chi connectivity index (χ3n) is 6.73. The molecule has 1 aromatic heterocycles. The molecule has 0 bridgehead atoms. The first-order valence-corrected chi connectivity index (χ1v) is 15.1. The van der Waals surface area contributed by atoms with Gasteiger partial charge in [0.1, 0.15) is 11.5 Å². The van der Waals surface area contributed by atoms with Crippen LogP contribution in [0.25, 0.3) is 10.2 Å². The quantitative estimate of drug-likeness (QED) is 0.274. The number of anilines is 2. The predicted molar refractivity (Wildman–Crippen MR) is 165 cm³/mol. The first kappa shape index (κ1) is 30.4. The Morgan fingerprint density at radius 2 is 1.63 bits per heavy atom. The smallest absolute Gasteiger partial charge is 0.261 e. The van der Waals surface area contributed by atoms with Crippen molar-refractivity contribution in [1.29, 1.82) is 0 Å². The lowest BCUT2D eigenvalue weighted by molar-refractivity contribution is 0.0948. The second kappa shape index (κ2) is 13.4. The molecular weight excluding hydrogens is 586 g/mol. The number of carbonyl (C=O) groups excluding carboxylic acids is 1. The van der Waals surface area contributed by atoms with E-state index in [0.717, 1.165) is 47.3 Å². The number of methoxy groups -OCH3 is 2. The minimum atomic E-state index is -3.88. The fourth-order valence-electron chi connectivity index (χ4n) is 4.47. The number of sulfonamides is 1. The van der Waals surface area contributed by atoms with Gasteiger partial charge in [0.05, 0.1) is 40.6 Å². The SMILES string of the molecule is COc1ccc(S(=O)(=O)Nc2ccccc2C(=O)NCCN2CCN(c3nc4ccc(OC)cc4s3)CC2)cc1.Cl. The van der Waals surface area contributed by atoms with Crippen molar-refractivity contribution in [3.63, 3.8) is 0 Å². The highest BCUT2D eigenvalue weighted by molar-refractivity contribution is 7.92. The van der Waals surface area contributed by atoms with E-state index in [1.165, 1.54) is 19.2 Å². The van der Waals surface area contributed by atoms with Gasteiger partial charge in [-0.1, -0.05) is 23.5 Å². The molecule has 0 aliphatic carbocycles. The molecule has 13 heteroatoms. The number of nitrogens with one attached hydrogen (secondary N) is 2. The topological polar surface area (TPSA) is 113 Å². The number of hydrogen-bond acceptors (Lipinski definition) is 9. The first-order valence-electron chi connectivity index (χ1n) is 12.8. The number of halogens is 1. The lowest BCUT2D eigenvalue weighted by Gasteiger charge is -2.34. The number of hydrogen-bond donors (Lipinski definition) is 2. The fraction of sp³-hybridized carbons (Fsp3) is 0.286. The zero-order valence-electron chi connectivity index (χ0n) is 22.7. The summed E-state index contributed by atoms with van der Waals surface area (Å²) in [6.07, 6.45) is 0. The maximum absolute atomic E-state index is 13.0. The summed E-state index contributed by atoms with van der Waals surface area (Å²) in [5.41, 5.74) is 1.45. The van der Waals surface area contributed by atoms with Gasteiger partial charge >= 0.3 is 0 Å². The van der Waals surface area contributed by atoms with Crippen LogP contribution in [-0.2, 0) is 10.0 Å². The maximum Gasteiger partial charge on any atom is 0.261 e. The summed E-state index contributed by atoms with van der Waals surface area (Å²) in [6.45, 7) is 4.54. The van der Waals surface area contributed by atoms with Gasteiger partial charge < -0.3 is 19.7 Å². The zero-order valence-corrected chi connectivity index (χ0v) is 25.2. The highest BCUT2D eigenvalue weighted by atomic mass is 35.5. The highest BCUT2D eigenvalue weighted by Gasteiger charge is 2.21. The second-order valence-electron chi connectivity index (χ2n) is 9.24. The monoisotopic (exact) mass is 617 g/mol. The molecule has 0 saturated carbocycles. The number of thiazole rings is 1. The van der Waals surface area contributed by atoms with Gasteiger partial charge in [-0.25, -0.2) is 13.4 Å². The molecular formula is C28H32ClN5O5S2. The molecule has 10 nitrogen and oxygen atoms in total. The fourth-order valence-corrected chi connectivity index (χ4v) is 6.59. The molecule has 218 valence electrons. The number of rotatable bonds is 10. The summed E-state index contributed by atoms with van der Waals surface area (Å²) in [7, 11) is -0.707. The molecule has 2 heterocycles. The zero-order chi connectivity index (χ0) is 28.1. The van der Waals surface area contributed by atoms with Crippen LogP contribution in [0.1, 0.15) is 10.4 Å². The van der Waals surface area contributed by atoms with Crippen LogP contribution in [-0.4, -0.2) is 77.7 Å². The van der Waals surface area contributed by atoms with Gasteiger partial charge in [-0.15, -0.1) is 12.4 Å². The molecule has 4 aromatic rings. The standard InChI is InChI=1S/C28H31N5O5S2.ClH/c1-37-20-7-10-22(11-8-20)40(35,36)31-24-6-4-3-5-23(24)27(34)29-13-14-32-15-17-33(18-16-32)28-30-25-12-9-21(38-2)19-26(25)39-28;/h3-12,19,31H,13-18H2,1-2H3,(H,29,34);1H. The van der Waals surface area contributed by atoms with E-state index in [-0.39, 0.29) is 34.5 Å². The minimum Gasteiger partial charge on any atom is -0.497 e. The predicted octanol–water partition coefficient (Wildman–Crippen LogP) is 4.09. The van der Waals surface area contributed by atoms with E-state index in [1.807, 2.05) is 18.2 Å². The van der Waals surface area contributed by atoms with E-state index in [0.29, 0.717) is 18.8 Å².